The fourth-order valence-corrected chi connectivity index (χ4v) is 2.80. The Bertz CT molecular complexity index is 931. The lowest BCUT2D eigenvalue weighted by atomic mass is 10.1. The van der Waals surface area contributed by atoms with E-state index in [0.29, 0.717) is 24.5 Å². The van der Waals surface area contributed by atoms with E-state index < -0.39 is 0 Å². The summed E-state index contributed by atoms with van der Waals surface area (Å²) in [6.45, 7) is 6.94. The first-order chi connectivity index (χ1) is 13.5. The molecule has 144 valence electrons. The van der Waals surface area contributed by atoms with Gasteiger partial charge in [-0.1, -0.05) is 35.4 Å². The fraction of sp³-hybridized carbons (Fsp3) is 0.208. The quantitative estimate of drug-likeness (QED) is 0.568. The number of ether oxygens (including phenoxy) is 2. The van der Waals surface area contributed by atoms with Gasteiger partial charge in [0.25, 0.3) is 5.91 Å². The fourth-order valence-electron chi connectivity index (χ4n) is 2.80. The van der Waals surface area contributed by atoms with Gasteiger partial charge in [0.2, 0.25) is 0 Å². The number of anilines is 1. The van der Waals surface area contributed by atoms with Gasteiger partial charge in [0, 0.05) is 11.3 Å². The monoisotopic (exact) mass is 375 g/mol. The van der Waals surface area contributed by atoms with Crippen LogP contribution in [0.25, 0.3) is 0 Å². The zero-order valence-electron chi connectivity index (χ0n) is 16.5. The van der Waals surface area contributed by atoms with Crippen LogP contribution in [-0.4, -0.2) is 19.1 Å². The Hall–Kier alpha value is -3.27. The van der Waals surface area contributed by atoms with Crippen molar-refractivity contribution in [1.82, 2.24) is 0 Å². The van der Waals surface area contributed by atoms with Crippen molar-refractivity contribution in [3.8, 4) is 11.5 Å². The summed E-state index contributed by atoms with van der Waals surface area (Å²) >= 11 is 0. The minimum absolute atomic E-state index is 0.138. The van der Waals surface area contributed by atoms with Crippen LogP contribution in [0.2, 0.25) is 0 Å². The average molecular weight is 375 g/mol. The van der Waals surface area contributed by atoms with Crippen molar-refractivity contribution in [2.24, 2.45) is 0 Å². The minimum atomic E-state index is -0.138. The summed E-state index contributed by atoms with van der Waals surface area (Å²) in [5.41, 5.74) is 4.82. The Morgan fingerprint density at radius 3 is 1.86 bits per heavy atom. The molecular formula is C24H25NO3. The number of carbonyl (C=O) groups excluding carboxylic acids is 1. The second-order valence-corrected chi connectivity index (χ2v) is 6.81. The van der Waals surface area contributed by atoms with Crippen molar-refractivity contribution in [3.63, 3.8) is 0 Å². The van der Waals surface area contributed by atoms with Crippen LogP contribution < -0.4 is 14.8 Å². The largest absolute Gasteiger partial charge is 0.490 e. The van der Waals surface area contributed by atoms with Crippen LogP contribution in [0.15, 0.2) is 66.7 Å². The minimum Gasteiger partial charge on any atom is -0.490 e. The first-order valence-electron chi connectivity index (χ1n) is 9.32. The molecule has 4 heteroatoms. The standard InChI is InChI=1S/C24H25NO3/c1-17-4-9-21(10-5-17)27-14-15-28-22-11-7-20(8-12-22)24(26)25-23-13-6-18(2)16-19(23)3/h4-13,16H,14-15H2,1-3H3,(H,25,26). The van der Waals surface area contributed by atoms with Crippen LogP contribution in [0.3, 0.4) is 0 Å². The van der Waals surface area contributed by atoms with Crippen LogP contribution >= 0.6 is 0 Å². The predicted molar refractivity (Wildman–Crippen MR) is 112 cm³/mol. The molecule has 0 heterocycles. The van der Waals surface area contributed by atoms with Gasteiger partial charge in [-0.2, -0.15) is 0 Å². The number of amides is 1. The predicted octanol–water partition coefficient (Wildman–Crippen LogP) is 5.32. The van der Waals surface area contributed by atoms with Gasteiger partial charge in [0.1, 0.15) is 24.7 Å². The van der Waals surface area contributed by atoms with Crippen molar-refractivity contribution in [2.75, 3.05) is 18.5 Å². The summed E-state index contributed by atoms with van der Waals surface area (Å²) in [5.74, 6) is 1.39. The summed E-state index contributed by atoms with van der Waals surface area (Å²) in [6, 6.07) is 21.0. The first kappa shape index (κ1) is 19.5. The Morgan fingerprint density at radius 1 is 0.750 bits per heavy atom. The number of hydrogen-bond donors (Lipinski definition) is 1. The van der Waals surface area contributed by atoms with E-state index in [2.05, 4.69) is 5.32 Å². The van der Waals surface area contributed by atoms with Crippen molar-refractivity contribution >= 4 is 11.6 Å². The second-order valence-electron chi connectivity index (χ2n) is 6.81. The smallest absolute Gasteiger partial charge is 0.255 e. The summed E-state index contributed by atoms with van der Waals surface area (Å²) in [6.07, 6.45) is 0. The highest BCUT2D eigenvalue weighted by Gasteiger charge is 2.08. The Balaban J connectivity index is 1.48. The third-order valence-corrected chi connectivity index (χ3v) is 4.39. The van der Waals surface area contributed by atoms with Gasteiger partial charge in [-0.05, 0) is 68.8 Å². The SMILES string of the molecule is Cc1ccc(OCCOc2ccc(C(=O)Nc3ccc(C)cc3C)cc2)cc1. The van der Waals surface area contributed by atoms with Gasteiger partial charge in [-0.25, -0.2) is 0 Å². The Morgan fingerprint density at radius 2 is 1.29 bits per heavy atom. The molecule has 0 spiro atoms. The number of aryl methyl sites for hydroxylation is 3. The molecule has 0 bridgehead atoms. The molecule has 3 rings (SSSR count). The summed E-state index contributed by atoms with van der Waals surface area (Å²) in [5, 5.41) is 2.95. The molecule has 3 aromatic rings. The Kier molecular flexibility index (Phi) is 6.33. The van der Waals surface area contributed by atoms with E-state index in [-0.39, 0.29) is 5.91 Å². The molecule has 0 unspecified atom stereocenters. The lowest BCUT2D eigenvalue weighted by Gasteiger charge is -2.11. The molecule has 0 aromatic heterocycles. The highest BCUT2D eigenvalue weighted by molar-refractivity contribution is 6.04. The molecule has 0 aliphatic heterocycles. The van der Waals surface area contributed by atoms with Crippen LogP contribution in [0.1, 0.15) is 27.0 Å². The number of benzene rings is 3. The molecule has 4 nitrogen and oxygen atoms in total. The lowest BCUT2D eigenvalue weighted by Crippen LogP contribution is -2.13. The molecule has 0 atom stereocenters. The highest BCUT2D eigenvalue weighted by Crippen LogP contribution is 2.18. The normalized spacial score (nSPS) is 10.4. The molecule has 0 fully saturated rings. The molecule has 0 saturated heterocycles. The van der Waals surface area contributed by atoms with Gasteiger partial charge in [-0.15, -0.1) is 0 Å². The van der Waals surface area contributed by atoms with E-state index in [4.69, 9.17) is 9.47 Å². The number of rotatable bonds is 7. The maximum Gasteiger partial charge on any atom is 0.255 e. The number of carbonyl (C=O) groups is 1. The van der Waals surface area contributed by atoms with Crippen molar-refractivity contribution in [3.05, 3.63) is 89.0 Å². The van der Waals surface area contributed by atoms with Gasteiger partial charge < -0.3 is 14.8 Å². The highest BCUT2D eigenvalue weighted by atomic mass is 16.5. The van der Waals surface area contributed by atoms with Gasteiger partial charge >= 0.3 is 0 Å². The van der Waals surface area contributed by atoms with Crippen molar-refractivity contribution in [2.45, 2.75) is 20.8 Å². The van der Waals surface area contributed by atoms with Gasteiger partial charge in [0.05, 0.1) is 0 Å². The number of nitrogens with one attached hydrogen (secondary N) is 1. The van der Waals surface area contributed by atoms with E-state index in [0.717, 1.165) is 17.0 Å². The molecule has 0 saturated carbocycles. The van der Waals surface area contributed by atoms with Gasteiger partial charge in [0.15, 0.2) is 0 Å². The molecule has 0 aliphatic rings. The van der Waals surface area contributed by atoms with Crippen LogP contribution in [0.4, 0.5) is 5.69 Å². The third-order valence-electron chi connectivity index (χ3n) is 4.39. The third kappa shape index (κ3) is 5.36. The van der Waals surface area contributed by atoms with Gasteiger partial charge in [-0.3, -0.25) is 4.79 Å². The van der Waals surface area contributed by atoms with E-state index in [1.54, 1.807) is 24.3 Å². The summed E-state index contributed by atoms with van der Waals surface area (Å²) < 4.78 is 11.3. The maximum absolute atomic E-state index is 12.4. The molecule has 0 aliphatic carbocycles. The van der Waals surface area contributed by atoms with E-state index in [1.165, 1.54) is 11.1 Å². The van der Waals surface area contributed by atoms with Crippen molar-refractivity contribution in [1.29, 1.82) is 0 Å². The van der Waals surface area contributed by atoms with E-state index >= 15 is 0 Å². The molecule has 28 heavy (non-hydrogen) atoms. The van der Waals surface area contributed by atoms with Crippen LogP contribution in [0.5, 0.6) is 11.5 Å². The molecule has 1 amide bonds. The molecule has 1 N–H and O–H groups in total. The zero-order chi connectivity index (χ0) is 19.9. The van der Waals surface area contributed by atoms with Crippen LogP contribution in [0, 0.1) is 20.8 Å². The second kappa shape index (κ2) is 9.09. The maximum atomic E-state index is 12.4. The zero-order valence-corrected chi connectivity index (χ0v) is 16.5. The number of hydrogen-bond acceptors (Lipinski definition) is 3. The topological polar surface area (TPSA) is 47.6 Å². The summed E-state index contributed by atoms with van der Waals surface area (Å²) in [4.78, 5) is 12.4. The van der Waals surface area contributed by atoms with Crippen molar-refractivity contribution < 1.29 is 14.3 Å². The molecule has 3 aromatic carbocycles. The van der Waals surface area contributed by atoms with E-state index in [9.17, 15) is 4.79 Å². The summed E-state index contributed by atoms with van der Waals surface area (Å²) in [7, 11) is 0. The van der Waals surface area contributed by atoms with Crippen LogP contribution in [-0.2, 0) is 0 Å². The first-order valence-corrected chi connectivity index (χ1v) is 9.32. The average Bonchev–Trinajstić information content (AvgIpc) is 2.69. The lowest BCUT2D eigenvalue weighted by molar-refractivity contribution is 0.102. The Labute approximate surface area is 166 Å². The molecular weight excluding hydrogens is 350 g/mol. The molecule has 0 radical (unpaired) electrons. The van der Waals surface area contributed by atoms with E-state index in [1.807, 2.05) is 63.2 Å².